The van der Waals surface area contributed by atoms with E-state index >= 15 is 0 Å². The van der Waals surface area contributed by atoms with Crippen LogP contribution in [0.1, 0.15) is 24.3 Å². The van der Waals surface area contributed by atoms with E-state index in [1.165, 1.54) is 10.4 Å². The topological polar surface area (TPSA) is 38.8 Å². The van der Waals surface area contributed by atoms with E-state index in [1.54, 1.807) is 11.3 Å². The van der Waals surface area contributed by atoms with E-state index in [0.717, 1.165) is 6.54 Å². The molecule has 5 heteroatoms. The van der Waals surface area contributed by atoms with Gasteiger partial charge in [0.2, 0.25) is 0 Å². The molecule has 1 amide bonds. The zero-order chi connectivity index (χ0) is 14.5. The van der Waals surface area contributed by atoms with E-state index in [4.69, 9.17) is 9.47 Å². The van der Waals surface area contributed by atoms with Crippen LogP contribution < -0.4 is 0 Å². The highest BCUT2D eigenvalue weighted by Gasteiger charge is 2.28. The Hall–Kier alpha value is -0.910. The van der Waals surface area contributed by atoms with Crippen LogP contribution in [0, 0.1) is 12.8 Å². The lowest BCUT2D eigenvalue weighted by atomic mass is 10.1. The van der Waals surface area contributed by atoms with Gasteiger partial charge in [-0.05, 0) is 29.9 Å². The van der Waals surface area contributed by atoms with Crippen molar-refractivity contribution in [1.29, 1.82) is 0 Å². The minimum Gasteiger partial charge on any atom is -0.376 e. The molecule has 1 aliphatic rings. The average Bonchev–Trinajstić information content (AvgIpc) is 2.83. The fraction of sp³-hybridized carbons (Fsp3) is 0.667. The molecular formula is C15H23NO3S. The van der Waals surface area contributed by atoms with Crippen molar-refractivity contribution in [2.45, 2.75) is 33.4 Å². The zero-order valence-corrected chi connectivity index (χ0v) is 13.2. The Kier molecular flexibility index (Phi) is 5.57. The highest BCUT2D eigenvalue weighted by Crippen LogP contribution is 2.20. The van der Waals surface area contributed by atoms with Crippen molar-refractivity contribution in [2.24, 2.45) is 5.92 Å². The molecule has 1 aliphatic heterocycles. The Morgan fingerprint density at radius 1 is 1.50 bits per heavy atom. The second-order valence-corrected chi connectivity index (χ2v) is 6.57. The van der Waals surface area contributed by atoms with E-state index in [-0.39, 0.29) is 5.91 Å². The molecule has 0 unspecified atom stereocenters. The molecule has 1 fully saturated rings. The maximum Gasteiger partial charge on any atom is 0.254 e. The first-order valence-electron chi connectivity index (χ1n) is 7.09. The summed E-state index contributed by atoms with van der Waals surface area (Å²) in [7, 11) is 0. The van der Waals surface area contributed by atoms with Crippen molar-refractivity contribution in [3.8, 4) is 0 Å². The van der Waals surface area contributed by atoms with Crippen LogP contribution in [-0.2, 0) is 20.8 Å². The molecule has 1 atom stereocenters. The van der Waals surface area contributed by atoms with Crippen LogP contribution in [0.2, 0.25) is 0 Å². The van der Waals surface area contributed by atoms with Gasteiger partial charge in [-0.2, -0.15) is 0 Å². The predicted molar refractivity (Wildman–Crippen MR) is 79.9 cm³/mol. The van der Waals surface area contributed by atoms with E-state index in [2.05, 4.69) is 32.2 Å². The largest absolute Gasteiger partial charge is 0.376 e. The molecule has 0 bridgehead atoms. The number of hydrogen-bond donors (Lipinski definition) is 0. The number of thiophene rings is 1. The fourth-order valence-corrected chi connectivity index (χ4v) is 3.17. The maximum absolute atomic E-state index is 12.6. The van der Waals surface area contributed by atoms with Crippen molar-refractivity contribution in [3.63, 3.8) is 0 Å². The van der Waals surface area contributed by atoms with Crippen molar-refractivity contribution >= 4 is 17.2 Å². The van der Waals surface area contributed by atoms with Crippen molar-refractivity contribution in [1.82, 2.24) is 4.90 Å². The van der Waals surface area contributed by atoms with Gasteiger partial charge in [0.15, 0.2) is 6.10 Å². The number of ether oxygens (including phenoxy) is 2. The monoisotopic (exact) mass is 297 g/mol. The average molecular weight is 297 g/mol. The molecule has 112 valence electrons. The molecule has 0 aliphatic carbocycles. The number of carbonyl (C=O) groups is 1. The SMILES string of the molecule is Cc1ccsc1CN(CC(C)C)C(=O)[C@@H]1COCCO1. The quantitative estimate of drug-likeness (QED) is 0.838. The Labute approximate surface area is 124 Å². The summed E-state index contributed by atoms with van der Waals surface area (Å²) < 4.78 is 10.9. The third-order valence-corrected chi connectivity index (χ3v) is 4.30. The Bertz CT molecular complexity index is 438. The normalized spacial score (nSPS) is 19.3. The van der Waals surface area contributed by atoms with Crippen LogP contribution in [0.4, 0.5) is 0 Å². The number of amides is 1. The molecular weight excluding hydrogens is 274 g/mol. The summed E-state index contributed by atoms with van der Waals surface area (Å²) in [6.07, 6.45) is -0.442. The van der Waals surface area contributed by atoms with Crippen LogP contribution in [0.25, 0.3) is 0 Å². The summed E-state index contributed by atoms with van der Waals surface area (Å²) in [5, 5.41) is 2.07. The Balaban J connectivity index is 2.06. The number of aryl methyl sites for hydroxylation is 1. The van der Waals surface area contributed by atoms with Gasteiger partial charge in [0.25, 0.3) is 5.91 Å². The smallest absolute Gasteiger partial charge is 0.254 e. The van der Waals surface area contributed by atoms with Gasteiger partial charge in [-0.1, -0.05) is 13.8 Å². The van der Waals surface area contributed by atoms with Gasteiger partial charge in [0, 0.05) is 11.4 Å². The van der Waals surface area contributed by atoms with Crippen LogP contribution in [0.3, 0.4) is 0 Å². The molecule has 0 aromatic carbocycles. The summed E-state index contributed by atoms with van der Waals surface area (Å²) in [5.41, 5.74) is 1.25. The van der Waals surface area contributed by atoms with Crippen molar-refractivity contribution in [2.75, 3.05) is 26.4 Å². The number of hydrogen-bond acceptors (Lipinski definition) is 4. The first-order valence-corrected chi connectivity index (χ1v) is 7.97. The van der Waals surface area contributed by atoms with Gasteiger partial charge in [0.1, 0.15) is 0 Å². The number of rotatable bonds is 5. The molecule has 4 nitrogen and oxygen atoms in total. The number of carbonyl (C=O) groups excluding carboxylic acids is 1. The van der Waals surface area contributed by atoms with Gasteiger partial charge in [0.05, 0.1) is 26.4 Å². The number of nitrogens with zero attached hydrogens (tertiary/aromatic N) is 1. The zero-order valence-electron chi connectivity index (χ0n) is 12.4. The second kappa shape index (κ2) is 7.20. The van der Waals surface area contributed by atoms with Crippen LogP contribution >= 0.6 is 11.3 Å². The maximum atomic E-state index is 12.6. The molecule has 1 aromatic heterocycles. The molecule has 1 saturated heterocycles. The molecule has 0 spiro atoms. The Morgan fingerprint density at radius 2 is 2.30 bits per heavy atom. The highest BCUT2D eigenvalue weighted by molar-refractivity contribution is 7.10. The van der Waals surface area contributed by atoms with Crippen LogP contribution in [0.15, 0.2) is 11.4 Å². The molecule has 0 saturated carbocycles. The summed E-state index contributed by atoms with van der Waals surface area (Å²) >= 11 is 1.70. The van der Waals surface area contributed by atoms with Gasteiger partial charge in [-0.25, -0.2) is 0 Å². The van der Waals surface area contributed by atoms with E-state index in [1.807, 2.05) is 4.90 Å². The van der Waals surface area contributed by atoms with Gasteiger partial charge >= 0.3 is 0 Å². The first kappa shape index (κ1) is 15.5. The molecule has 2 rings (SSSR count). The molecule has 0 radical (unpaired) electrons. The third kappa shape index (κ3) is 4.04. The fourth-order valence-electron chi connectivity index (χ4n) is 2.25. The van der Waals surface area contributed by atoms with E-state index in [0.29, 0.717) is 32.3 Å². The van der Waals surface area contributed by atoms with Gasteiger partial charge in [-0.15, -0.1) is 11.3 Å². The standard InChI is InChI=1S/C15H23NO3S/c1-11(2)8-16(9-14-12(3)4-7-20-14)15(17)13-10-18-5-6-19-13/h4,7,11,13H,5-6,8-10H2,1-3H3/t13-/m0/s1. The molecule has 0 N–H and O–H groups in total. The van der Waals surface area contributed by atoms with Crippen molar-refractivity contribution < 1.29 is 14.3 Å². The van der Waals surface area contributed by atoms with Gasteiger partial charge < -0.3 is 14.4 Å². The van der Waals surface area contributed by atoms with Crippen molar-refractivity contribution in [3.05, 3.63) is 21.9 Å². The summed E-state index contributed by atoms with van der Waals surface area (Å²) in [4.78, 5) is 15.7. The lowest BCUT2D eigenvalue weighted by Gasteiger charge is -2.30. The van der Waals surface area contributed by atoms with Crippen LogP contribution in [-0.4, -0.2) is 43.3 Å². The molecule has 1 aromatic rings. The summed E-state index contributed by atoms with van der Waals surface area (Å²) in [5.74, 6) is 0.481. The van der Waals surface area contributed by atoms with E-state index in [9.17, 15) is 4.79 Å². The third-order valence-electron chi connectivity index (χ3n) is 3.29. The Morgan fingerprint density at radius 3 is 2.85 bits per heavy atom. The minimum atomic E-state index is -0.442. The van der Waals surface area contributed by atoms with Gasteiger partial charge in [-0.3, -0.25) is 4.79 Å². The minimum absolute atomic E-state index is 0.0474. The molecule has 20 heavy (non-hydrogen) atoms. The lowest BCUT2D eigenvalue weighted by molar-refractivity contribution is -0.159. The second-order valence-electron chi connectivity index (χ2n) is 5.57. The van der Waals surface area contributed by atoms with E-state index < -0.39 is 6.10 Å². The first-order chi connectivity index (χ1) is 9.58. The summed E-state index contributed by atoms with van der Waals surface area (Å²) in [6.45, 7) is 9.21. The summed E-state index contributed by atoms with van der Waals surface area (Å²) in [6, 6.07) is 2.10. The highest BCUT2D eigenvalue weighted by atomic mass is 32.1. The van der Waals surface area contributed by atoms with Crippen LogP contribution in [0.5, 0.6) is 0 Å². The lowest BCUT2D eigenvalue weighted by Crippen LogP contribution is -2.46. The predicted octanol–water partition coefficient (Wildman–Crippen LogP) is 2.46. The molecule has 2 heterocycles.